The van der Waals surface area contributed by atoms with E-state index in [1.807, 2.05) is 31.4 Å². The van der Waals surface area contributed by atoms with Gasteiger partial charge in [-0.15, -0.1) is 0 Å². The average molecular weight is 380 g/mol. The fraction of sp³-hybridized carbons (Fsp3) is 0.389. The van der Waals surface area contributed by atoms with Crippen LogP contribution in [0.2, 0.25) is 5.02 Å². The molecule has 2 aromatic rings. The summed E-state index contributed by atoms with van der Waals surface area (Å²) in [7, 11) is 0. The summed E-state index contributed by atoms with van der Waals surface area (Å²) in [6.07, 6.45) is 3.21. The first-order chi connectivity index (χ1) is 11.9. The Labute approximate surface area is 156 Å². The van der Waals surface area contributed by atoms with E-state index < -0.39 is 0 Å². The van der Waals surface area contributed by atoms with E-state index in [1.165, 1.54) is 11.8 Å². The molecule has 0 saturated carbocycles. The Hall–Kier alpha value is -1.79. The van der Waals surface area contributed by atoms with Gasteiger partial charge in [0.05, 0.1) is 6.04 Å². The highest BCUT2D eigenvalue weighted by molar-refractivity contribution is 7.98. The van der Waals surface area contributed by atoms with E-state index in [0.29, 0.717) is 27.9 Å². The average Bonchev–Trinajstić information content (AvgIpc) is 2.58. The summed E-state index contributed by atoms with van der Waals surface area (Å²) in [6.45, 7) is 3.80. The van der Waals surface area contributed by atoms with Crippen molar-refractivity contribution < 1.29 is 4.79 Å². The Morgan fingerprint density at radius 1 is 1.44 bits per heavy atom. The van der Waals surface area contributed by atoms with Crippen molar-refractivity contribution in [1.29, 1.82) is 0 Å². The van der Waals surface area contributed by atoms with Crippen LogP contribution in [0, 0.1) is 6.92 Å². The predicted molar refractivity (Wildman–Crippen MR) is 102 cm³/mol. The predicted octanol–water partition coefficient (Wildman–Crippen LogP) is 3.65. The number of hydrogen-bond acceptors (Lipinski definition) is 4. The van der Waals surface area contributed by atoms with Gasteiger partial charge in [0.1, 0.15) is 0 Å². The monoisotopic (exact) mass is 379 g/mol. The van der Waals surface area contributed by atoms with Crippen LogP contribution in [0.3, 0.4) is 0 Å². The van der Waals surface area contributed by atoms with E-state index in [1.54, 1.807) is 13.0 Å². The number of thioether (sulfide) groups is 1. The summed E-state index contributed by atoms with van der Waals surface area (Å²) in [5.74, 6) is -0.0976. The highest BCUT2D eigenvalue weighted by Gasteiger charge is 2.15. The highest BCUT2D eigenvalue weighted by Crippen LogP contribution is 2.20. The number of aromatic nitrogens is 2. The van der Waals surface area contributed by atoms with Crippen LogP contribution in [-0.2, 0) is 11.2 Å². The second-order valence-electron chi connectivity index (χ2n) is 5.72. The van der Waals surface area contributed by atoms with Crippen molar-refractivity contribution >= 4 is 29.3 Å². The van der Waals surface area contributed by atoms with Crippen LogP contribution in [0.5, 0.6) is 0 Å². The number of aromatic amines is 1. The molecule has 0 aliphatic rings. The molecule has 0 spiro atoms. The number of H-pyrrole nitrogens is 1. The van der Waals surface area contributed by atoms with Crippen molar-refractivity contribution in [3.05, 3.63) is 56.5 Å². The number of aryl methyl sites for hydroxylation is 1. The molecule has 2 rings (SSSR count). The Balaban J connectivity index is 2.02. The molecule has 0 radical (unpaired) electrons. The summed E-state index contributed by atoms with van der Waals surface area (Å²) in [4.78, 5) is 31.5. The largest absolute Gasteiger partial charge is 0.349 e. The van der Waals surface area contributed by atoms with E-state index in [-0.39, 0.29) is 23.9 Å². The number of carbonyl (C=O) groups excluding carboxylic acids is 1. The SMILES string of the molecule is CCC(NC(=O)CCc1c(C)nc(SC)[nH]c1=O)c1cccc(Cl)c1. The Kier molecular flexibility index (Phi) is 7.08. The molecule has 1 heterocycles. The lowest BCUT2D eigenvalue weighted by Gasteiger charge is -2.18. The maximum Gasteiger partial charge on any atom is 0.254 e. The number of amides is 1. The molecule has 0 aliphatic heterocycles. The third-order valence-electron chi connectivity index (χ3n) is 3.99. The fourth-order valence-electron chi connectivity index (χ4n) is 2.63. The molecule has 0 aliphatic carbocycles. The van der Waals surface area contributed by atoms with Gasteiger partial charge in [0.15, 0.2) is 5.16 Å². The van der Waals surface area contributed by atoms with E-state index in [2.05, 4.69) is 15.3 Å². The van der Waals surface area contributed by atoms with Crippen LogP contribution in [0.1, 0.15) is 42.6 Å². The quantitative estimate of drug-likeness (QED) is 0.568. The number of carbonyl (C=O) groups is 1. The van der Waals surface area contributed by atoms with E-state index in [4.69, 9.17) is 11.6 Å². The normalized spacial score (nSPS) is 12.0. The molecule has 1 unspecified atom stereocenters. The van der Waals surface area contributed by atoms with Gasteiger partial charge in [0.25, 0.3) is 5.56 Å². The van der Waals surface area contributed by atoms with Crippen molar-refractivity contribution in [3.63, 3.8) is 0 Å². The second-order valence-corrected chi connectivity index (χ2v) is 6.95. The van der Waals surface area contributed by atoms with Crippen LogP contribution < -0.4 is 10.9 Å². The zero-order valence-electron chi connectivity index (χ0n) is 14.6. The number of nitrogens with one attached hydrogen (secondary N) is 2. The maximum atomic E-state index is 12.3. The molecule has 2 N–H and O–H groups in total. The van der Waals surface area contributed by atoms with Gasteiger partial charge in [-0.25, -0.2) is 4.98 Å². The smallest absolute Gasteiger partial charge is 0.254 e. The van der Waals surface area contributed by atoms with Gasteiger partial charge in [-0.1, -0.05) is 42.4 Å². The molecule has 1 aromatic carbocycles. The lowest BCUT2D eigenvalue weighted by atomic mass is 10.0. The first-order valence-corrected chi connectivity index (χ1v) is 9.73. The van der Waals surface area contributed by atoms with Crippen molar-refractivity contribution in [3.8, 4) is 0 Å². The molecular weight excluding hydrogens is 358 g/mol. The standard InChI is InChI=1S/C18H22ClN3O2S/c1-4-15(12-6-5-7-13(19)10-12)21-16(23)9-8-14-11(2)20-18(25-3)22-17(14)24/h5-7,10,15H,4,8-9H2,1-3H3,(H,21,23)(H,20,22,24). The minimum absolute atomic E-state index is 0.0948. The van der Waals surface area contributed by atoms with Crippen LogP contribution in [0.4, 0.5) is 0 Å². The first kappa shape index (κ1) is 19.5. The molecule has 0 saturated heterocycles. The third kappa shape index (κ3) is 5.34. The summed E-state index contributed by atoms with van der Waals surface area (Å²) in [6, 6.07) is 7.38. The van der Waals surface area contributed by atoms with Crippen LogP contribution in [0.15, 0.2) is 34.2 Å². The maximum absolute atomic E-state index is 12.3. The first-order valence-electron chi connectivity index (χ1n) is 8.13. The molecule has 1 amide bonds. The fourth-order valence-corrected chi connectivity index (χ4v) is 3.25. The Morgan fingerprint density at radius 3 is 2.80 bits per heavy atom. The molecular formula is C18H22ClN3O2S. The second kappa shape index (κ2) is 9.06. The number of nitrogens with zero attached hydrogens (tertiary/aromatic N) is 1. The van der Waals surface area contributed by atoms with Gasteiger partial charge in [0.2, 0.25) is 5.91 Å². The number of benzene rings is 1. The molecule has 0 bridgehead atoms. The van der Waals surface area contributed by atoms with Crippen LogP contribution in [0.25, 0.3) is 0 Å². The van der Waals surface area contributed by atoms with Crippen LogP contribution >= 0.6 is 23.4 Å². The summed E-state index contributed by atoms with van der Waals surface area (Å²) in [5, 5.41) is 4.24. The highest BCUT2D eigenvalue weighted by atomic mass is 35.5. The van der Waals surface area contributed by atoms with Gasteiger partial charge in [-0.05, 0) is 43.7 Å². The molecule has 5 nitrogen and oxygen atoms in total. The molecule has 7 heteroatoms. The number of rotatable bonds is 7. The van der Waals surface area contributed by atoms with Crippen LogP contribution in [-0.4, -0.2) is 22.1 Å². The van der Waals surface area contributed by atoms with Gasteiger partial charge >= 0.3 is 0 Å². The minimum Gasteiger partial charge on any atom is -0.349 e. The number of halogens is 1. The van der Waals surface area contributed by atoms with Crippen molar-refractivity contribution in [1.82, 2.24) is 15.3 Å². The van der Waals surface area contributed by atoms with E-state index in [0.717, 1.165) is 12.0 Å². The number of hydrogen-bond donors (Lipinski definition) is 2. The van der Waals surface area contributed by atoms with E-state index >= 15 is 0 Å². The molecule has 0 fully saturated rings. The lowest BCUT2D eigenvalue weighted by Crippen LogP contribution is -2.29. The van der Waals surface area contributed by atoms with Gasteiger partial charge in [-0.2, -0.15) is 0 Å². The van der Waals surface area contributed by atoms with Crippen molar-refractivity contribution in [2.75, 3.05) is 6.26 Å². The van der Waals surface area contributed by atoms with Gasteiger partial charge < -0.3 is 10.3 Å². The summed E-state index contributed by atoms with van der Waals surface area (Å²) in [5.41, 5.74) is 2.03. The molecule has 1 aromatic heterocycles. The summed E-state index contributed by atoms with van der Waals surface area (Å²) >= 11 is 7.41. The van der Waals surface area contributed by atoms with Crippen molar-refractivity contribution in [2.24, 2.45) is 0 Å². The van der Waals surface area contributed by atoms with E-state index in [9.17, 15) is 9.59 Å². The topological polar surface area (TPSA) is 74.8 Å². The molecule has 25 heavy (non-hydrogen) atoms. The minimum atomic E-state index is -0.175. The van der Waals surface area contributed by atoms with Gasteiger partial charge in [0, 0.05) is 22.7 Å². The molecule has 1 atom stereocenters. The zero-order valence-corrected chi connectivity index (χ0v) is 16.1. The van der Waals surface area contributed by atoms with Crippen molar-refractivity contribution in [2.45, 2.75) is 44.3 Å². The lowest BCUT2D eigenvalue weighted by molar-refractivity contribution is -0.121. The Morgan fingerprint density at radius 2 is 2.20 bits per heavy atom. The zero-order chi connectivity index (χ0) is 18.4. The Bertz CT molecular complexity index is 807. The third-order valence-corrected chi connectivity index (χ3v) is 4.81. The molecule has 134 valence electrons. The summed E-state index contributed by atoms with van der Waals surface area (Å²) < 4.78 is 0. The van der Waals surface area contributed by atoms with Gasteiger partial charge in [-0.3, -0.25) is 9.59 Å².